The van der Waals surface area contributed by atoms with Gasteiger partial charge in [0, 0.05) is 22.3 Å². The lowest BCUT2D eigenvalue weighted by molar-refractivity contribution is 0.403. The Morgan fingerprint density at radius 2 is 0.767 bits per heavy atom. The molecule has 0 N–H and O–H groups in total. The fourth-order valence-electron chi connectivity index (χ4n) is 7.86. The van der Waals surface area contributed by atoms with Crippen LogP contribution in [0.5, 0.6) is 34.5 Å². The molecule has 2 unspecified atom stereocenters. The minimum absolute atomic E-state index is 0.418. The molecule has 8 nitrogen and oxygen atoms in total. The van der Waals surface area contributed by atoms with Crippen molar-refractivity contribution >= 4 is 60.3 Å². The molecule has 0 aromatic heterocycles. The van der Waals surface area contributed by atoms with Gasteiger partial charge in [-0.15, -0.1) is 0 Å². The Labute approximate surface area is 349 Å². The molecular weight excluding hydrogens is 790 g/mol. The summed E-state index contributed by atoms with van der Waals surface area (Å²) in [5.41, 5.74) is 6.84. The summed E-state index contributed by atoms with van der Waals surface area (Å²) < 4.78 is 66.2. The van der Waals surface area contributed by atoms with E-state index in [-0.39, 0.29) is 0 Å². The highest BCUT2D eigenvalue weighted by Gasteiger charge is 2.42. The third-order valence-electron chi connectivity index (χ3n) is 10.8. The fourth-order valence-corrected chi connectivity index (χ4v) is 12.7. The first-order valence-electron chi connectivity index (χ1n) is 19.2. The molecule has 298 valence electrons. The molecular formula is C50H40O8P2. The lowest BCUT2D eigenvalue weighted by Crippen LogP contribution is -2.26. The van der Waals surface area contributed by atoms with E-state index >= 15 is 9.13 Å². The van der Waals surface area contributed by atoms with Crippen LogP contribution in [0.2, 0.25) is 0 Å². The van der Waals surface area contributed by atoms with Crippen LogP contribution in [-0.2, 0) is 9.13 Å². The van der Waals surface area contributed by atoms with Crippen LogP contribution in [0, 0.1) is 0 Å². The molecule has 9 rings (SSSR count). The first-order valence-corrected chi connectivity index (χ1v) is 22.5. The van der Waals surface area contributed by atoms with Crippen molar-refractivity contribution in [1.82, 2.24) is 0 Å². The lowest BCUT2D eigenvalue weighted by atomic mass is 10.0. The van der Waals surface area contributed by atoms with E-state index in [2.05, 4.69) is 0 Å². The summed E-state index contributed by atoms with van der Waals surface area (Å²) in [4.78, 5) is 0. The monoisotopic (exact) mass is 830 g/mol. The van der Waals surface area contributed by atoms with Gasteiger partial charge in [-0.25, -0.2) is 0 Å². The molecule has 2 aliphatic rings. The summed E-state index contributed by atoms with van der Waals surface area (Å²) in [5.74, 6) is 3.00. The van der Waals surface area contributed by atoms with Crippen LogP contribution in [0.1, 0.15) is 22.3 Å². The molecule has 2 atom stereocenters. The predicted molar refractivity (Wildman–Crippen MR) is 242 cm³/mol. The SMILES string of the molecule is COc1cc(P2(=O)Oc3ccccc3-c3ccccc32)c(OC)cc1/C=C/c1cccc(/C=C/c2cc(OC)c(P3(=O)Oc4ccccc4-c4ccccc43)cc2OC)c1. The van der Waals surface area contributed by atoms with E-state index in [0.29, 0.717) is 55.7 Å². The number of rotatable bonds is 10. The van der Waals surface area contributed by atoms with Crippen LogP contribution in [0.25, 0.3) is 46.6 Å². The molecule has 0 radical (unpaired) electrons. The normalized spacial score (nSPS) is 17.4. The van der Waals surface area contributed by atoms with Crippen LogP contribution in [-0.4, -0.2) is 28.4 Å². The van der Waals surface area contributed by atoms with Gasteiger partial charge in [0.05, 0.1) is 49.7 Å². The molecule has 10 heteroatoms. The maximum atomic E-state index is 15.0. The van der Waals surface area contributed by atoms with Crippen LogP contribution in [0.15, 0.2) is 146 Å². The predicted octanol–water partition coefficient (Wildman–Crippen LogP) is 10.6. The zero-order valence-corrected chi connectivity index (χ0v) is 35.1. The largest absolute Gasteiger partial charge is 0.496 e. The number of fused-ring (bicyclic) bond motifs is 6. The Kier molecular flexibility index (Phi) is 10.2. The zero-order valence-electron chi connectivity index (χ0n) is 33.3. The van der Waals surface area contributed by atoms with Crippen LogP contribution in [0.4, 0.5) is 0 Å². The smallest absolute Gasteiger partial charge is 0.311 e. The van der Waals surface area contributed by atoms with Crippen LogP contribution in [0.3, 0.4) is 0 Å². The maximum absolute atomic E-state index is 15.0. The number of methoxy groups -OCH3 is 4. The number of benzene rings is 7. The second-order valence-electron chi connectivity index (χ2n) is 14.2. The van der Waals surface area contributed by atoms with E-state index in [4.69, 9.17) is 28.0 Å². The first kappa shape index (κ1) is 38.8. The van der Waals surface area contributed by atoms with Crippen molar-refractivity contribution in [1.29, 1.82) is 0 Å². The van der Waals surface area contributed by atoms with E-state index in [9.17, 15) is 0 Å². The van der Waals surface area contributed by atoms with Gasteiger partial charge in [0.15, 0.2) is 0 Å². The van der Waals surface area contributed by atoms with Gasteiger partial charge in [-0.3, -0.25) is 9.13 Å². The van der Waals surface area contributed by atoms with Gasteiger partial charge in [-0.05, 0) is 76.9 Å². The average Bonchev–Trinajstić information content (AvgIpc) is 3.30. The Morgan fingerprint density at radius 3 is 1.18 bits per heavy atom. The van der Waals surface area contributed by atoms with Gasteiger partial charge in [-0.2, -0.15) is 0 Å². The number of hydrogen-bond donors (Lipinski definition) is 0. The molecule has 0 bridgehead atoms. The quantitative estimate of drug-likeness (QED) is 0.0995. The summed E-state index contributed by atoms with van der Waals surface area (Å²) in [7, 11) is -0.990. The summed E-state index contributed by atoms with van der Waals surface area (Å²) in [6, 6.07) is 45.7. The number of hydrogen-bond acceptors (Lipinski definition) is 8. The second-order valence-corrected chi connectivity index (χ2v) is 18.7. The van der Waals surface area contributed by atoms with Gasteiger partial charge >= 0.3 is 14.7 Å². The third kappa shape index (κ3) is 6.68. The van der Waals surface area contributed by atoms with Crippen molar-refractivity contribution in [2.75, 3.05) is 28.4 Å². The van der Waals surface area contributed by atoms with Gasteiger partial charge in [0.1, 0.15) is 34.5 Å². The van der Waals surface area contributed by atoms with E-state index in [1.54, 1.807) is 40.6 Å². The van der Waals surface area contributed by atoms with Crippen molar-refractivity contribution in [2.45, 2.75) is 0 Å². The summed E-state index contributed by atoms with van der Waals surface area (Å²) in [6.07, 6.45) is 7.84. The average molecular weight is 831 g/mol. The molecule has 0 fully saturated rings. The van der Waals surface area contributed by atoms with Crippen molar-refractivity contribution < 1.29 is 37.1 Å². The third-order valence-corrected chi connectivity index (χ3v) is 15.7. The van der Waals surface area contributed by atoms with Gasteiger partial charge in [0.25, 0.3) is 0 Å². The van der Waals surface area contributed by atoms with E-state index in [0.717, 1.165) is 44.5 Å². The molecule has 60 heavy (non-hydrogen) atoms. The summed E-state index contributed by atoms with van der Waals surface area (Å²) in [6.45, 7) is 0. The Morgan fingerprint density at radius 1 is 0.383 bits per heavy atom. The number of ether oxygens (including phenoxy) is 4. The van der Waals surface area contributed by atoms with Crippen molar-refractivity contribution in [3.8, 4) is 56.8 Å². The minimum atomic E-state index is -3.64. The van der Waals surface area contributed by atoms with Crippen molar-refractivity contribution in [2.24, 2.45) is 0 Å². The standard InChI is InChI=1S/C50H40O8P2/c1-53-43-31-49(59(51)47-22-11-7-18-39(47)37-16-5-9-20-41(37)57-59)45(55-3)29-35(43)26-24-33-14-13-15-34(28-33)25-27-36-30-46(56-4)50(32-44(36)54-2)60(52)48-23-12-8-19-40(48)38-17-6-10-21-42(38)58-60/h5-32H,1-4H3/b26-24+,27-25+. The minimum Gasteiger partial charge on any atom is -0.496 e. The van der Waals surface area contributed by atoms with Gasteiger partial charge < -0.3 is 28.0 Å². The zero-order chi connectivity index (χ0) is 41.4. The van der Waals surface area contributed by atoms with Gasteiger partial charge in [0.2, 0.25) is 0 Å². The highest BCUT2D eigenvalue weighted by atomic mass is 31.2. The van der Waals surface area contributed by atoms with E-state index < -0.39 is 14.7 Å². The Bertz CT molecular complexity index is 2770. The Hall–Kier alpha value is -6.72. The second kappa shape index (κ2) is 15.8. The lowest BCUT2D eigenvalue weighted by Gasteiger charge is -2.30. The van der Waals surface area contributed by atoms with Crippen molar-refractivity contribution in [3.63, 3.8) is 0 Å². The highest BCUT2D eigenvalue weighted by molar-refractivity contribution is 7.75. The van der Waals surface area contributed by atoms with Gasteiger partial charge in [-0.1, -0.05) is 115 Å². The molecule has 0 aliphatic carbocycles. The topological polar surface area (TPSA) is 89.5 Å². The Balaban J connectivity index is 1.01. The summed E-state index contributed by atoms with van der Waals surface area (Å²) >= 11 is 0. The molecule has 2 aliphatic heterocycles. The number of para-hydroxylation sites is 2. The van der Waals surface area contributed by atoms with E-state index in [1.807, 2.05) is 158 Å². The van der Waals surface area contributed by atoms with Crippen LogP contribution < -0.4 is 49.2 Å². The summed E-state index contributed by atoms with van der Waals surface area (Å²) in [5, 5.41) is 2.05. The molecule has 0 amide bonds. The molecule has 0 spiro atoms. The maximum Gasteiger partial charge on any atom is 0.311 e. The molecule has 0 saturated carbocycles. The molecule has 2 heterocycles. The highest BCUT2D eigenvalue weighted by Crippen LogP contribution is 2.57. The molecule has 7 aromatic carbocycles. The van der Waals surface area contributed by atoms with Crippen LogP contribution >= 0.6 is 14.7 Å². The molecule has 7 aromatic rings. The first-order chi connectivity index (χ1) is 29.3. The molecule has 0 saturated heterocycles. The van der Waals surface area contributed by atoms with E-state index in [1.165, 1.54) is 0 Å². The fraction of sp³-hybridized carbons (Fsp3) is 0.0800. The van der Waals surface area contributed by atoms with Crippen molar-refractivity contribution in [3.05, 3.63) is 168 Å².